The highest BCUT2D eigenvalue weighted by Gasteiger charge is 2.29. The molecular weight excluding hydrogens is 384 g/mol. The topological polar surface area (TPSA) is 49.6 Å². The zero-order valence-electron chi connectivity index (χ0n) is 18.4. The van der Waals surface area contributed by atoms with E-state index in [9.17, 15) is 0 Å². The molecular formula is C25H28N6. The summed E-state index contributed by atoms with van der Waals surface area (Å²) in [5.41, 5.74) is 7.90. The molecule has 6 nitrogen and oxygen atoms in total. The van der Waals surface area contributed by atoms with Crippen molar-refractivity contribution >= 4 is 5.52 Å². The SMILES string of the molecule is Cc1ccc(-c2ccc3c(C4CN(Cc5cccc(C)n5)CCN4C)nnn3c2)cc1. The molecule has 1 saturated heterocycles. The van der Waals surface area contributed by atoms with Crippen LogP contribution in [0, 0.1) is 13.8 Å². The normalized spacial score (nSPS) is 18.0. The number of fused-ring (bicyclic) bond motifs is 1. The standard InChI is InChI=1S/C25H28N6/c1-18-7-9-20(10-8-18)21-11-12-23-25(27-28-31(23)15-21)24-17-30(14-13-29(24)3)16-22-6-4-5-19(2)26-22/h4-12,15,24H,13-14,16-17H2,1-3H3. The lowest BCUT2D eigenvalue weighted by Crippen LogP contribution is -2.46. The van der Waals surface area contributed by atoms with Crippen molar-refractivity contribution in [2.45, 2.75) is 26.4 Å². The summed E-state index contributed by atoms with van der Waals surface area (Å²) < 4.78 is 1.92. The Morgan fingerprint density at radius 2 is 1.74 bits per heavy atom. The zero-order chi connectivity index (χ0) is 21.4. The third-order valence-electron chi connectivity index (χ3n) is 6.20. The maximum Gasteiger partial charge on any atom is 0.109 e. The van der Waals surface area contributed by atoms with Crippen LogP contribution in [0.5, 0.6) is 0 Å². The van der Waals surface area contributed by atoms with Crippen molar-refractivity contribution in [2.24, 2.45) is 0 Å². The van der Waals surface area contributed by atoms with Gasteiger partial charge in [-0.25, -0.2) is 4.52 Å². The summed E-state index contributed by atoms with van der Waals surface area (Å²) >= 11 is 0. The molecule has 4 heterocycles. The summed E-state index contributed by atoms with van der Waals surface area (Å²) in [6, 6.07) is 19.4. The first-order chi connectivity index (χ1) is 15.1. The molecule has 6 heteroatoms. The molecule has 5 rings (SSSR count). The Morgan fingerprint density at radius 3 is 2.55 bits per heavy atom. The molecule has 0 amide bonds. The van der Waals surface area contributed by atoms with Gasteiger partial charge in [-0.3, -0.25) is 14.8 Å². The number of hydrogen-bond acceptors (Lipinski definition) is 5. The van der Waals surface area contributed by atoms with Crippen LogP contribution in [-0.2, 0) is 6.54 Å². The van der Waals surface area contributed by atoms with E-state index in [1.54, 1.807) is 0 Å². The molecule has 158 valence electrons. The molecule has 1 atom stereocenters. The van der Waals surface area contributed by atoms with Gasteiger partial charge in [0.15, 0.2) is 0 Å². The second-order valence-corrected chi connectivity index (χ2v) is 8.59. The molecule has 1 fully saturated rings. The number of aromatic nitrogens is 4. The van der Waals surface area contributed by atoms with Gasteiger partial charge < -0.3 is 0 Å². The third kappa shape index (κ3) is 4.09. The number of pyridine rings is 2. The molecule has 0 N–H and O–H groups in total. The van der Waals surface area contributed by atoms with Crippen LogP contribution in [0.3, 0.4) is 0 Å². The van der Waals surface area contributed by atoms with Crippen molar-refractivity contribution in [2.75, 3.05) is 26.7 Å². The number of hydrogen-bond donors (Lipinski definition) is 0. The average molecular weight is 413 g/mol. The Balaban J connectivity index is 1.40. The van der Waals surface area contributed by atoms with Crippen LogP contribution in [0.25, 0.3) is 16.6 Å². The Kier molecular flexibility index (Phi) is 5.26. The first-order valence-corrected chi connectivity index (χ1v) is 10.8. The lowest BCUT2D eigenvalue weighted by Gasteiger charge is -2.38. The van der Waals surface area contributed by atoms with Gasteiger partial charge in [0.1, 0.15) is 5.69 Å². The highest BCUT2D eigenvalue weighted by atomic mass is 15.4. The fraction of sp³-hybridized carbons (Fsp3) is 0.320. The first-order valence-electron chi connectivity index (χ1n) is 10.8. The van der Waals surface area contributed by atoms with Crippen LogP contribution >= 0.6 is 0 Å². The van der Waals surface area contributed by atoms with E-state index in [0.717, 1.165) is 54.3 Å². The van der Waals surface area contributed by atoms with Crippen molar-refractivity contribution in [1.29, 1.82) is 0 Å². The maximum absolute atomic E-state index is 4.68. The Labute approximate surface area is 183 Å². The lowest BCUT2D eigenvalue weighted by molar-refractivity contribution is 0.0880. The van der Waals surface area contributed by atoms with Crippen molar-refractivity contribution in [1.82, 2.24) is 29.6 Å². The smallest absolute Gasteiger partial charge is 0.109 e. The predicted molar refractivity (Wildman–Crippen MR) is 123 cm³/mol. The van der Waals surface area contributed by atoms with Gasteiger partial charge in [0.2, 0.25) is 0 Å². The van der Waals surface area contributed by atoms with Crippen LogP contribution in [0.15, 0.2) is 60.8 Å². The van der Waals surface area contributed by atoms with Gasteiger partial charge in [-0.05, 0) is 44.7 Å². The molecule has 0 saturated carbocycles. The first kappa shape index (κ1) is 19.8. The fourth-order valence-corrected chi connectivity index (χ4v) is 4.35. The Bertz CT molecular complexity index is 1200. The van der Waals surface area contributed by atoms with Crippen molar-refractivity contribution in [3.8, 4) is 11.1 Å². The molecule has 0 spiro atoms. The van der Waals surface area contributed by atoms with E-state index >= 15 is 0 Å². The van der Waals surface area contributed by atoms with Gasteiger partial charge in [-0.1, -0.05) is 47.2 Å². The van der Waals surface area contributed by atoms with Crippen LogP contribution < -0.4 is 0 Å². The average Bonchev–Trinajstić information content (AvgIpc) is 3.19. The van der Waals surface area contributed by atoms with Crippen LogP contribution in [0.4, 0.5) is 0 Å². The summed E-state index contributed by atoms with van der Waals surface area (Å²) in [6.45, 7) is 7.96. The monoisotopic (exact) mass is 412 g/mol. The Hall–Kier alpha value is -3.09. The van der Waals surface area contributed by atoms with Gasteiger partial charge in [-0.2, -0.15) is 0 Å². The summed E-state index contributed by atoms with van der Waals surface area (Å²) in [5, 5.41) is 9.06. The van der Waals surface area contributed by atoms with Gasteiger partial charge >= 0.3 is 0 Å². The lowest BCUT2D eigenvalue weighted by atomic mass is 10.0. The van der Waals surface area contributed by atoms with E-state index in [1.165, 1.54) is 11.1 Å². The predicted octanol–water partition coefficient (Wildman–Crippen LogP) is 3.90. The van der Waals surface area contributed by atoms with E-state index in [1.807, 2.05) is 17.5 Å². The van der Waals surface area contributed by atoms with Crippen LogP contribution in [0.1, 0.15) is 28.7 Å². The minimum Gasteiger partial charge on any atom is -0.295 e. The molecule has 1 unspecified atom stereocenters. The van der Waals surface area contributed by atoms with E-state index in [4.69, 9.17) is 0 Å². The van der Waals surface area contributed by atoms with Crippen LogP contribution in [0.2, 0.25) is 0 Å². The van der Waals surface area contributed by atoms with Gasteiger partial charge in [0, 0.05) is 43.6 Å². The summed E-state index contributed by atoms with van der Waals surface area (Å²) in [6.07, 6.45) is 2.08. The Morgan fingerprint density at radius 1 is 0.935 bits per heavy atom. The second-order valence-electron chi connectivity index (χ2n) is 8.59. The summed E-state index contributed by atoms with van der Waals surface area (Å²) in [7, 11) is 2.18. The number of benzene rings is 1. The van der Waals surface area contributed by atoms with E-state index in [2.05, 4.69) is 93.8 Å². The third-order valence-corrected chi connectivity index (χ3v) is 6.20. The van der Waals surface area contributed by atoms with E-state index in [-0.39, 0.29) is 6.04 Å². The second kappa shape index (κ2) is 8.21. The minimum absolute atomic E-state index is 0.210. The van der Waals surface area contributed by atoms with E-state index < -0.39 is 0 Å². The summed E-state index contributed by atoms with van der Waals surface area (Å²) in [5.74, 6) is 0. The number of nitrogens with zero attached hydrogens (tertiary/aromatic N) is 6. The molecule has 1 aliphatic heterocycles. The molecule has 1 aliphatic rings. The molecule has 4 aromatic rings. The molecule has 3 aromatic heterocycles. The molecule has 1 aromatic carbocycles. The largest absolute Gasteiger partial charge is 0.295 e. The quantitative estimate of drug-likeness (QED) is 0.509. The molecule has 0 bridgehead atoms. The van der Waals surface area contributed by atoms with Crippen molar-refractivity contribution in [3.05, 3.63) is 83.4 Å². The van der Waals surface area contributed by atoms with E-state index in [0.29, 0.717) is 0 Å². The number of rotatable bonds is 4. The summed E-state index contributed by atoms with van der Waals surface area (Å²) in [4.78, 5) is 9.54. The van der Waals surface area contributed by atoms with Crippen LogP contribution in [-0.4, -0.2) is 56.3 Å². The number of likely N-dealkylation sites (N-methyl/N-ethyl adjacent to an activating group) is 1. The van der Waals surface area contributed by atoms with Gasteiger partial charge in [0.05, 0.1) is 17.3 Å². The fourth-order valence-electron chi connectivity index (χ4n) is 4.35. The number of piperazine rings is 1. The highest BCUT2D eigenvalue weighted by molar-refractivity contribution is 5.66. The molecule has 0 radical (unpaired) electrons. The minimum atomic E-state index is 0.210. The van der Waals surface area contributed by atoms with Gasteiger partial charge in [0.25, 0.3) is 0 Å². The highest BCUT2D eigenvalue weighted by Crippen LogP contribution is 2.28. The van der Waals surface area contributed by atoms with Gasteiger partial charge in [-0.15, -0.1) is 5.10 Å². The zero-order valence-corrected chi connectivity index (χ0v) is 18.4. The maximum atomic E-state index is 4.68. The number of aryl methyl sites for hydroxylation is 2. The molecule has 0 aliphatic carbocycles. The molecule has 31 heavy (non-hydrogen) atoms. The van der Waals surface area contributed by atoms with Crippen molar-refractivity contribution in [3.63, 3.8) is 0 Å². The van der Waals surface area contributed by atoms with Crippen molar-refractivity contribution < 1.29 is 0 Å².